The van der Waals surface area contributed by atoms with Crippen LogP contribution >= 0.6 is 24.0 Å². The van der Waals surface area contributed by atoms with E-state index in [1.54, 1.807) is 25.2 Å². The second-order valence-electron chi connectivity index (χ2n) is 6.11. The highest BCUT2D eigenvalue weighted by Crippen LogP contribution is 2.19. The second kappa shape index (κ2) is 13.0. The Morgan fingerprint density at radius 1 is 1.32 bits per heavy atom. The Hall–Kier alpha value is -1.27. The van der Waals surface area contributed by atoms with Crippen LogP contribution in [0.1, 0.15) is 18.4 Å². The van der Waals surface area contributed by atoms with Gasteiger partial charge in [0.2, 0.25) is 0 Å². The molecule has 2 rings (SSSR count). The Labute approximate surface area is 180 Å². The van der Waals surface area contributed by atoms with Gasteiger partial charge in [-0.2, -0.15) is 13.2 Å². The highest BCUT2D eigenvalue weighted by Gasteiger charge is 2.28. The maximum atomic E-state index is 12.2. The lowest BCUT2D eigenvalue weighted by Crippen LogP contribution is -2.37. The van der Waals surface area contributed by atoms with Gasteiger partial charge in [0.1, 0.15) is 5.75 Å². The number of hydrogen-bond acceptors (Lipinski definition) is 4. The van der Waals surface area contributed by atoms with E-state index in [0.717, 1.165) is 25.0 Å². The summed E-state index contributed by atoms with van der Waals surface area (Å²) in [5, 5.41) is 6.29. The van der Waals surface area contributed by atoms with Crippen LogP contribution in [0.25, 0.3) is 0 Å². The van der Waals surface area contributed by atoms with Crippen LogP contribution in [0, 0.1) is 0 Å². The molecule has 1 unspecified atom stereocenters. The topological polar surface area (TPSA) is 64.1 Å². The summed E-state index contributed by atoms with van der Waals surface area (Å²) < 4.78 is 52.4. The molecule has 1 aliphatic heterocycles. The maximum Gasteiger partial charge on any atom is 0.422 e. The van der Waals surface area contributed by atoms with E-state index in [-0.39, 0.29) is 35.8 Å². The van der Waals surface area contributed by atoms with Gasteiger partial charge in [-0.1, -0.05) is 12.1 Å². The Morgan fingerprint density at radius 2 is 2.14 bits per heavy atom. The minimum absolute atomic E-state index is 0. The minimum Gasteiger partial charge on any atom is -0.484 e. The Kier molecular flexibility index (Phi) is 11.5. The zero-order valence-electron chi connectivity index (χ0n) is 15.8. The largest absolute Gasteiger partial charge is 0.484 e. The number of hydrogen-bond donors (Lipinski definition) is 2. The average Bonchev–Trinajstić information content (AvgIpc) is 3.15. The molecular formula is C18H27F3IN3O3. The first-order chi connectivity index (χ1) is 13.0. The Bertz CT molecular complexity index is 597. The quantitative estimate of drug-likeness (QED) is 0.228. The third-order valence-electron chi connectivity index (χ3n) is 3.84. The molecule has 0 aromatic heterocycles. The standard InChI is InChI=1S/C18H26F3N3O3.HI/c1-22-17(23-7-3-8-26-16-6-9-25-12-16)24-11-14-4-2-5-15(10-14)27-13-18(19,20)21;/h2,4-5,10,16H,3,6-9,11-13H2,1H3,(H2,22,23,24);1H. The van der Waals surface area contributed by atoms with Gasteiger partial charge in [0.15, 0.2) is 12.6 Å². The van der Waals surface area contributed by atoms with Gasteiger partial charge in [0.05, 0.1) is 12.7 Å². The van der Waals surface area contributed by atoms with Crippen molar-refractivity contribution in [2.75, 3.05) is 40.0 Å². The van der Waals surface area contributed by atoms with E-state index in [2.05, 4.69) is 15.6 Å². The summed E-state index contributed by atoms with van der Waals surface area (Å²) in [6.07, 6.45) is -2.37. The molecule has 0 spiro atoms. The molecule has 28 heavy (non-hydrogen) atoms. The number of guanidine groups is 1. The molecule has 2 N–H and O–H groups in total. The first kappa shape index (κ1) is 24.8. The Balaban J connectivity index is 0.00000392. The van der Waals surface area contributed by atoms with E-state index >= 15 is 0 Å². The van der Waals surface area contributed by atoms with Gasteiger partial charge in [-0.3, -0.25) is 4.99 Å². The third kappa shape index (κ3) is 10.3. The van der Waals surface area contributed by atoms with Gasteiger partial charge in [-0.15, -0.1) is 24.0 Å². The molecule has 6 nitrogen and oxygen atoms in total. The highest BCUT2D eigenvalue weighted by atomic mass is 127. The summed E-state index contributed by atoms with van der Waals surface area (Å²) in [6, 6.07) is 6.53. The second-order valence-corrected chi connectivity index (χ2v) is 6.11. The van der Waals surface area contributed by atoms with Crippen LogP contribution < -0.4 is 15.4 Å². The fourth-order valence-electron chi connectivity index (χ4n) is 2.49. The van der Waals surface area contributed by atoms with Crippen LogP contribution in [0.2, 0.25) is 0 Å². The predicted octanol–water partition coefficient (Wildman–Crippen LogP) is 3.11. The lowest BCUT2D eigenvalue weighted by Gasteiger charge is -2.14. The zero-order valence-corrected chi connectivity index (χ0v) is 18.1. The fourth-order valence-corrected chi connectivity index (χ4v) is 2.49. The van der Waals surface area contributed by atoms with Crippen molar-refractivity contribution in [1.82, 2.24) is 10.6 Å². The molecule has 10 heteroatoms. The van der Waals surface area contributed by atoms with Gasteiger partial charge in [-0.25, -0.2) is 0 Å². The molecular weight excluding hydrogens is 490 g/mol. The SMILES string of the molecule is CN=C(NCCCOC1CCOC1)NCc1cccc(OCC(F)(F)F)c1.I. The number of ether oxygens (including phenoxy) is 3. The molecule has 0 saturated carbocycles. The summed E-state index contributed by atoms with van der Waals surface area (Å²) in [5.74, 6) is 0.795. The maximum absolute atomic E-state index is 12.2. The molecule has 160 valence electrons. The lowest BCUT2D eigenvalue weighted by atomic mass is 10.2. The summed E-state index contributed by atoms with van der Waals surface area (Å²) in [5.41, 5.74) is 0.794. The van der Waals surface area contributed by atoms with Crippen LogP contribution in [0.5, 0.6) is 5.75 Å². The highest BCUT2D eigenvalue weighted by molar-refractivity contribution is 14.0. The van der Waals surface area contributed by atoms with Crippen molar-refractivity contribution in [2.45, 2.75) is 31.7 Å². The monoisotopic (exact) mass is 517 g/mol. The van der Waals surface area contributed by atoms with Crippen molar-refractivity contribution in [1.29, 1.82) is 0 Å². The lowest BCUT2D eigenvalue weighted by molar-refractivity contribution is -0.153. The summed E-state index contributed by atoms with van der Waals surface area (Å²) in [4.78, 5) is 4.12. The Morgan fingerprint density at radius 3 is 2.82 bits per heavy atom. The van der Waals surface area contributed by atoms with Gasteiger partial charge in [0, 0.05) is 33.4 Å². The summed E-state index contributed by atoms with van der Waals surface area (Å²) in [7, 11) is 1.66. The third-order valence-corrected chi connectivity index (χ3v) is 3.84. The van der Waals surface area contributed by atoms with E-state index in [9.17, 15) is 13.2 Å². The van der Waals surface area contributed by atoms with Crippen molar-refractivity contribution in [3.8, 4) is 5.75 Å². The van der Waals surface area contributed by atoms with Crippen LogP contribution in [0.15, 0.2) is 29.3 Å². The molecule has 1 heterocycles. The van der Waals surface area contributed by atoms with Gasteiger partial charge in [-0.05, 0) is 30.5 Å². The molecule has 0 aliphatic carbocycles. The number of halogens is 4. The number of benzene rings is 1. The summed E-state index contributed by atoms with van der Waals surface area (Å²) >= 11 is 0. The van der Waals surface area contributed by atoms with Crippen LogP contribution in [0.3, 0.4) is 0 Å². The van der Waals surface area contributed by atoms with E-state index in [4.69, 9.17) is 14.2 Å². The smallest absolute Gasteiger partial charge is 0.422 e. The molecule has 0 amide bonds. The number of rotatable bonds is 9. The van der Waals surface area contributed by atoms with Crippen molar-refractivity contribution in [3.63, 3.8) is 0 Å². The minimum atomic E-state index is -4.35. The van der Waals surface area contributed by atoms with Crippen LogP contribution in [-0.2, 0) is 16.0 Å². The summed E-state index contributed by atoms with van der Waals surface area (Å²) in [6.45, 7) is 1.89. The normalized spacial score (nSPS) is 17.1. The molecule has 1 aromatic rings. The van der Waals surface area contributed by atoms with Gasteiger partial charge in [0.25, 0.3) is 0 Å². The molecule has 0 radical (unpaired) electrons. The average molecular weight is 517 g/mol. The van der Waals surface area contributed by atoms with Crippen molar-refractivity contribution in [2.24, 2.45) is 4.99 Å². The van der Waals surface area contributed by atoms with E-state index in [0.29, 0.717) is 32.3 Å². The first-order valence-electron chi connectivity index (χ1n) is 8.88. The molecule has 1 saturated heterocycles. The predicted molar refractivity (Wildman–Crippen MR) is 111 cm³/mol. The number of aliphatic imine (C=N–C) groups is 1. The van der Waals surface area contributed by atoms with Gasteiger partial charge >= 0.3 is 6.18 Å². The molecule has 1 fully saturated rings. The van der Waals surface area contributed by atoms with Crippen molar-refractivity contribution >= 4 is 29.9 Å². The van der Waals surface area contributed by atoms with E-state index < -0.39 is 12.8 Å². The molecule has 1 aliphatic rings. The molecule has 1 atom stereocenters. The van der Waals surface area contributed by atoms with E-state index in [1.165, 1.54) is 6.07 Å². The fraction of sp³-hybridized carbons (Fsp3) is 0.611. The number of alkyl halides is 3. The van der Waals surface area contributed by atoms with Crippen LogP contribution in [0.4, 0.5) is 13.2 Å². The van der Waals surface area contributed by atoms with Crippen molar-refractivity contribution < 1.29 is 27.4 Å². The molecule has 0 bridgehead atoms. The van der Waals surface area contributed by atoms with Crippen LogP contribution in [-0.4, -0.2) is 58.3 Å². The number of nitrogens with zero attached hydrogens (tertiary/aromatic N) is 1. The molecule has 1 aromatic carbocycles. The van der Waals surface area contributed by atoms with Crippen molar-refractivity contribution in [3.05, 3.63) is 29.8 Å². The zero-order chi connectivity index (χ0) is 19.5. The van der Waals surface area contributed by atoms with E-state index in [1.807, 2.05) is 0 Å². The number of nitrogens with one attached hydrogen (secondary N) is 2. The van der Waals surface area contributed by atoms with Gasteiger partial charge < -0.3 is 24.8 Å². The first-order valence-corrected chi connectivity index (χ1v) is 8.88.